The molecule has 1 aliphatic rings. The highest BCUT2D eigenvalue weighted by Crippen LogP contribution is 2.20. The zero-order chi connectivity index (χ0) is 11.5. The van der Waals surface area contributed by atoms with Crippen LogP contribution in [0.5, 0.6) is 0 Å². The molecule has 4 nitrogen and oxygen atoms in total. The third-order valence-corrected chi connectivity index (χ3v) is 3.33. The SMILES string of the molecule is CC(C)c1cnc(C(C)N2CCNCC2)[nH]1. The van der Waals surface area contributed by atoms with Crippen LogP contribution in [0.3, 0.4) is 0 Å². The van der Waals surface area contributed by atoms with Gasteiger partial charge in [-0.05, 0) is 12.8 Å². The number of imidazole rings is 1. The zero-order valence-corrected chi connectivity index (χ0v) is 10.5. The van der Waals surface area contributed by atoms with Crippen molar-refractivity contribution in [2.75, 3.05) is 26.2 Å². The molecular formula is C12H22N4. The van der Waals surface area contributed by atoms with Crippen LogP contribution in [0.4, 0.5) is 0 Å². The minimum absolute atomic E-state index is 0.398. The third-order valence-electron chi connectivity index (χ3n) is 3.33. The van der Waals surface area contributed by atoms with E-state index in [1.165, 1.54) is 5.69 Å². The van der Waals surface area contributed by atoms with E-state index in [1.807, 2.05) is 6.20 Å². The first-order valence-corrected chi connectivity index (χ1v) is 6.18. The summed E-state index contributed by atoms with van der Waals surface area (Å²) >= 11 is 0. The molecule has 1 aromatic rings. The number of aromatic amines is 1. The molecule has 4 heteroatoms. The van der Waals surface area contributed by atoms with Gasteiger partial charge >= 0.3 is 0 Å². The van der Waals surface area contributed by atoms with Crippen molar-refractivity contribution in [3.8, 4) is 0 Å². The molecule has 0 bridgehead atoms. The van der Waals surface area contributed by atoms with Crippen molar-refractivity contribution in [1.82, 2.24) is 20.2 Å². The predicted octanol–water partition coefficient (Wildman–Crippen LogP) is 1.50. The molecule has 2 heterocycles. The molecule has 2 rings (SSSR count). The molecule has 90 valence electrons. The number of piperazine rings is 1. The van der Waals surface area contributed by atoms with Crippen LogP contribution in [0.25, 0.3) is 0 Å². The average molecular weight is 222 g/mol. The van der Waals surface area contributed by atoms with Gasteiger partial charge in [0, 0.05) is 38.1 Å². The summed E-state index contributed by atoms with van der Waals surface area (Å²) in [7, 11) is 0. The van der Waals surface area contributed by atoms with Gasteiger partial charge in [0.05, 0.1) is 6.04 Å². The number of nitrogens with one attached hydrogen (secondary N) is 2. The van der Waals surface area contributed by atoms with Gasteiger partial charge in [-0.2, -0.15) is 0 Å². The second-order valence-electron chi connectivity index (χ2n) is 4.84. The Hall–Kier alpha value is -0.870. The van der Waals surface area contributed by atoms with Crippen LogP contribution in [0.15, 0.2) is 6.20 Å². The van der Waals surface area contributed by atoms with E-state index in [4.69, 9.17) is 0 Å². The van der Waals surface area contributed by atoms with Crippen molar-refractivity contribution < 1.29 is 0 Å². The van der Waals surface area contributed by atoms with Crippen LogP contribution >= 0.6 is 0 Å². The number of rotatable bonds is 3. The molecule has 0 amide bonds. The lowest BCUT2D eigenvalue weighted by molar-refractivity contribution is 0.179. The molecule has 1 fully saturated rings. The van der Waals surface area contributed by atoms with Gasteiger partial charge in [-0.15, -0.1) is 0 Å². The summed E-state index contributed by atoms with van der Waals surface area (Å²) in [6, 6.07) is 0.398. The lowest BCUT2D eigenvalue weighted by Crippen LogP contribution is -2.44. The summed E-state index contributed by atoms with van der Waals surface area (Å²) in [5.74, 6) is 1.63. The van der Waals surface area contributed by atoms with E-state index in [0.29, 0.717) is 12.0 Å². The quantitative estimate of drug-likeness (QED) is 0.814. The van der Waals surface area contributed by atoms with Crippen LogP contribution in [-0.4, -0.2) is 41.0 Å². The standard InChI is InChI=1S/C12H22N4/c1-9(2)11-8-14-12(15-11)10(3)16-6-4-13-5-7-16/h8-10,13H,4-7H2,1-3H3,(H,14,15). The third kappa shape index (κ3) is 2.44. The van der Waals surface area contributed by atoms with Crippen LogP contribution in [0, 0.1) is 0 Å². The van der Waals surface area contributed by atoms with Crippen molar-refractivity contribution in [1.29, 1.82) is 0 Å². The Balaban J connectivity index is 2.04. The van der Waals surface area contributed by atoms with Crippen molar-refractivity contribution in [3.63, 3.8) is 0 Å². The fraction of sp³-hybridized carbons (Fsp3) is 0.750. The van der Waals surface area contributed by atoms with E-state index in [9.17, 15) is 0 Å². The molecule has 0 spiro atoms. The predicted molar refractivity (Wildman–Crippen MR) is 65.5 cm³/mol. The Morgan fingerprint density at radius 1 is 1.25 bits per heavy atom. The molecule has 0 radical (unpaired) electrons. The van der Waals surface area contributed by atoms with Crippen LogP contribution in [-0.2, 0) is 0 Å². The van der Waals surface area contributed by atoms with Gasteiger partial charge in [0.1, 0.15) is 5.82 Å². The second kappa shape index (κ2) is 4.97. The zero-order valence-electron chi connectivity index (χ0n) is 10.5. The Bertz CT molecular complexity index is 326. The van der Waals surface area contributed by atoms with Gasteiger partial charge < -0.3 is 10.3 Å². The molecule has 2 N–H and O–H groups in total. The van der Waals surface area contributed by atoms with Crippen molar-refractivity contribution >= 4 is 0 Å². The van der Waals surface area contributed by atoms with Crippen molar-refractivity contribution in [3.05, 3.63) is 17.7 Å². The highest BCUT2D eigenvalue weighted by molar-refractivity contribution is 5.08. The van der Waals surface area contributed by atoms with E-state index in [1.54, 1.807) is 0 Å². The summed E-state index contributed by atoms with van der Waals surface area (Å²) in [4.78, 5) is 10.4. The fourth-order valence-corrected chi connectivity index (χ4v) is 2.10. The summed E-state index contributed by atoms with van der Waals surface area (Å²) in [5, 5.41) is 3.37. The highest BCUT2D eigenvalue weighted by atomic mass is 15.2. The summed E-state index contributed by atoms with van der Waals surface area (Å²) in [6.07, 6.45) is 1.97. The molecular weight excluding hydrogens is 200 g/mol. The van der Waals surface area contributed by atoms with Crippen LogP contribution in [0.2, 0.25) is 0 Å². The largest absolute Gasteiger partial charge is 0.344 e. The molecule has 0 aliphatic carbocycles. The van der Waals surface area contributed by atoms with E-state index < -0.39 is 0 Å². The maximum absolute atomic E-state index is 4.49. The first-order chi connectivity index (χ1) is 7.68. The number of hydrogen-bond donors (Lipinski definition) is 2. The Labute approximate surface area is 97.4 Å². The minimum atomic E-state index is 0.398. The fourth-order valence-electron chi connectivity index (χ4n) is 2.10. The van der Waals surface area contributed by atoms with Gasteiger partial charge in [-0.1, -0.05) is 13.8 Å². The topological polar surface area (TPSA) is 44.0 Å². The molecule has 1 aromatic heterocycles. The molecule has 1 atom stereocenters. The smallest absolute Gasteiger partial charge is 0.123 e. The first-order valence-electron chi connectivity index (χ1n) is 6.18. The molecule has 1 aliphatic heterocycles. The van der Waals surface area contributed by atoms with Gasteiger partial charge in [0.2, 0.25) is 0 Å². The van der Waals surface area contributed by atoms with Crippen LogP contribution < -0.4 is 5.32 Å². The first kappa shape index (κ1) is 11.6. The lowest BCUT2D eigenvalue weighted by Gasteiger charge is -2.31. The normalized spacial score (nSPS) is 20.2. The highest BCUT2D eigenvalue weighted by Gasteiger charge is 2.20. The number of aromatic nitrogens is 2. The number of nitrogens with zero attached hydrogens (tertiary/aromatic N) is 2. The molecule has 1 unspecified atom stereocenters. The van der Waals surface area contributed by atoms with Crippen molar-refractivity contribution in [2.45, 2.75) is 32.7 Å². The monoisotopic (exact) mass is 222 g/mol. The van der Waals surface area contributed by atoms with Gasteiger partial charge in [0.25, 0.3) is 0 Å². The maximum atomic E-state index is 4.49. The van der Waals surface area contributed by atoms with E-state index >= 15 is 0 Å². The summed E-state index contributed by atoms with van der Waals surface area (Å²) < 4.78 is 0. The molecule has 1 saturated heterocycles. The van der Waals surface area contributed by atoms with Crippen LogP contribution in [0.1, 0.15) is 44.2 Å². The molecule has 0 saturated carbocycles. The van der Waals surface area contributed by atoms with E-state index in [-0.39, 0.29) is 0 Å². The maximum Gasteiger partial charge on any atom is 0.123 e. The van der Waals surface area contributed by atoms with E-state index in [0.717, 1.165) is 32.0 Å². The lowest BCUT2D eigenvalue weighted by atomic mass is 10.1. The van der Waals surface area contributed by atoms with Gasteiger partial charge in [-0.3, -0.25) is 4.90 Å². The number of hydrogen-bond acceptors (Lipinski definition) is 3. The number of H-pyrrole nitrogens is 1. The van der Waals surface area contributed by atoms with Crippen molar-refractivity contribution in [2.24, 2.45) is 0 Å². The summed E-state index contributed by atoms with van der Waals surface area (Å²) in [5.41, 5.74) is 1.23. The molecule has 0 aromatic carbocycles. The van der Waals surface area contributed by atoms with Gasteiger partial charge in [0.15, 0.2) is 0 Å². The average Bonchev–Trinajstić information content (AvgIpc) is 2.78. The van der Waals surface area contributed by atoms with Gasteiger partial charge in [-0.25, -0.2) is 4.98 Å². The Kier molecular flexibility index (Phi) is 3.61. The minimum Gasteiger partial charge on any atom is -0.344 e. The van der Waals surface area contributed by atoms with E-state index in [2.05, 4.69) is 41.0 Å². The Morgan fingerprint density at radius 2 is 1.94 bits per heavy atom. The second-order valence-corrected chi connectivity index (χ2v) is 4.84. The molecule has 16 heavy (non-hydrogen) atoms. The summed E-state index contributed by atoms with van der Waals surface area (Å²) in [6.45, 7) is 11.0. The Morgan fingerprint density at radius 3 is 2.50 bits per heavy atom.